The van der Waals surface area contributed by atoms with Crippen molar-refractivity contribution in [1.29, 1.82) is 0 Å². The highest BCUT2D eigenvalue weighted by Gasteiger charge is 2.34. The summed E-state index contributed by atoms with van der Waals surface area (Å²) in [7, 11) is 0. The first-order valence-corrected chi connectivity index (χ1v) is 2.83. The molecule has 0 spiro atoms. The minimum absolute atomic E-state index is 0.123. The van der Waals surface area contributed by atoms with Crippen molar-refractivity contribution in [3.05, 3.63) is 30.2 Å². The van der Waals surface area contributed by atoms with Gasteiger partial charge in [0.1, 0.15) is 5.76 Å². The molecule has 4 heteroatoms. The summed E-state index contributed by atoms with van der Waals surface area (Å²) in [5, 5.41) is 0. The number of rotatable bonds is 1. The molecule has 60 valence electrons. The van der Waals surface area contributed by atoms with Crippen molar-refractivity contribution in [2.24, 2.45) is 0 Å². The molecule has 0 aromatic carbocycles. The SMILES string of the molecule is C=Cc1ccc(C(F)(F)F)o1. The lowest BCUT2D eigenvalue weighted by Gasteiger charge is -1.99. The molecular formula is C7H5F3O. The summed E-state index contributed by atoms with van der Waals surface area (Å²) in [6, 6.07) is 2.09. The van der Waals surface area contributed by atoms with Gasteiger partial charge in [0.25, 0.3) is 0 Å². The Morgan fingerprint density at radius 1 is 1.36 bits per heavy atom. The van der Waals surface area contributed by atoms with Crippen LogP contribution < -0.4 is 0 Å². The maximum absolute atomic E-state index is 11.8. The fourth-order valence-corrected chi connectivity index (χ4v) is 0.615. The molecule has 0 unspecified atom stereocenters. The van der Waals surface area contributed by atoms with Gasteiger partial charge in [0.15, 0.2) is 0 Å². The number of hydrogen-bond acceptors (Lipinski definition) is 1. The van der Waals surface area contributed by atoms with Crippen molar-refractivity contribution < 1.29 is 17.6 Å². The summed E-state index contributed by atoms with van der Waals surface area (Å²) in [6.07, 6.45) is -3.18. The maximum Gasteiger partial charge on any atom is 0.449 e. The zero-order chi connectivity index (χ0) is 8.48. The first-order chi connectivity index (χ1) is 5.04. The normalized spacial score (nSPS) is 11.5. The standard InChI is InChI=1S/C7H5F3O/c1-2-5-3-4-6(11-5)7(8,9)10/h2-4H,1H2. The second kappa shape index (κ2) is 2.45. The molecular weight excluding hydrogens is 157 g/mol. The van der Waals surface area contributed by atoms with Crippen LogP contribution in [0.3, 0.4) is 0 Å². The van der Waals surface area contributed by atoms with E-state index in [0.717, 1.165) is 6.07 Å². The van der Waals surface area contributed by atoms with Crippen LogP contribution >= 0.6 is 0 Å². The van der Waals surface area contributed by atoms with Crippen LogP contribution in [0.25, 0.3) is 6.08 Å². The summed E-state index contributed by atoms with van der Waals surface area (Å²) < 4.78 is 39.8. The van der Waals surface area contributed by atoms with Crippen LogP contribution in [-0.2, 0) is 6.18 Å². The Morgan fingerprint density at radius 3 is 2.27 bits per heavy atom. The molecule has 1 nitrogen and oxygen atoms in total. The van der Waals surface area contributed by atoms with Gasteiger partial charge in [0.2, 0.25) is 5.76 Å². The van der Waals surface area contributed by atoms with Crippen LogP contribution in [0, 0.1) is 0 Å². The number of alkyl halides is 3. The van der Waals surface area contributed by atoms with Gasteiger partial charge in [0, 0.05) is 0 Å². The van der Waals surface area contributed by atoms with E-state index >= 15 is 0 Å². The summed E-state index contributed by atoms with van der Waals surface area (Å²) in [6.45, 7) is 3.27. The lowest BCUT2D eigenvalue weighted by atomic mass is 10.4. The molecule has 1 rings (SSSR count). The molecule has 0 aliphatic rings. The van der Waals surface area contributed by atoms with E-state index in [0.29, 0.717) is 0 Å². The highest BCUT2D eigenvalue weighted by atomic mass is 19.4. The lowest BCUT2D eigenvalue weighted by Crippen LogP contribution is -2.01. The van der Waals surface area contributed by atoms with Crippen molar-refractivity contribution >= 4 is 6.08 Å². The minimum atomic E-state index is -4.40. The van der Waals surface area contributed by atoms with Crippen LogP contribution in [-0.4, -0.2) is 0 Å². The van der Waals surface area contributed by atoms with Crippen LogP contribution in [0.1, 0.15) is 11.5 Å². The Morgan fingerprint density at radius 2 is 2.00 bits per heavy atom. The van der Waals surface area contributed by atoms with Gasteiger partial charge in [-0.2, -0.15) is 13.2 Å². The number of furan rings is 1. The summed E-state index contributed by atoms with van der Waals surface area (Å²) in [5.74, 6) is -0.871. The highest BCUT2D eigenvalue weighted by molar-refractivity contribution is 5.39. The Hall–Kier alpha value is -1.19. The Bertz CT molecular complexity index is 259. The quantitative estimate of drug-likeness (QED) is 0.618. The number of halogens is 3. The Labute approximate surface area is 61.1 Å². The Balaban J connectivity index is 2.98. The third-order valence-electron chi connectivity index (χ3n) is 1.11. The molecule has 1 aromatic rings. The highest BCUT2D eigenvalue weighted by Crippen LogP contribution is 2.30. The molecule has 1 aromatic heterocycles. The molecule has 0 saturated heterocycles. The average Bonchev–Trinajstić information content (AvgIpc) is 2.32. The van der Waals surface area contributed by atoms with Crippen LogP contribution in [0.4, 0.5) is 13.2 Å². The van der Waals surface area contributed by atoms with Gasteiger partial charge in [-0.1, -0.05) is 6.58 Å². The van der Waals surface area contributed by atoms with Crippen molar-refractivity contribution in [3.8, 4) is 0 Å². The van der Waals surface area contributed by atoms with Gasteiger partial charge in [-0.15, -0.1) is 0 Å². The van der Waals surface area contributed by atoms with Crippen LogP contribution in [0.15, 0.2) is 23.1 Å². The van der Waals surface area contributed by atoms with Gasteiger partial charge in [-0.3, -0.25) is 0 Å². The van der Waals surface area contributed by atoms with E-state index < -0.39 is 11.9 Å². The van der Waals surface area contributed by atoms with Gasteiger partial charge in [-0.05, 0) is 18.2 Å². The Kier molecular flexibility index (Phi) is 1.76. The monoisotopic (exact) mass is 162 g/mol. The van der Waals surface area contributed by atoms with Gasteiger partial charge in [0.05, 0.1) is 0 Å². The summed E-state index contributed by atoms with van der Waals surface area (Å²) in [4.78, 5) is 0. The molecule has 11 heavy (non-hydrogen) atoms. The molecule has 0 radical (unpaired) electrons. The fraction of sp³-hybridized carbons (Fsp3) is 0.143. The second-order valence-corrected chi connectivity index (χ2v) is 1.90. The lowest BCUT2D eigenvalue weighted by molar-refractivity contribution is -0.153. The van der Waals surface area contributed by atoms with E-state index in [1.54, 1.807) is 0 Å². The van der Waals surface area contributed by atoms with E-state index in [1.165, 1.54) is 12.1 Å². The fourth-order valence-electron chi connectivity index (χ4n) is 0.615. The van der Waals surface area contributed by atoms with E-state index in [2.05, 4.69) is 11.0 Å². The minimum Gasteiger partial charge on any atom is -0.452 e. The van der Waals surface area contributed by atoms with Crippen LogP contribution in [0.5, 0.6) is 0 Å². The van der Waals surface area contributed by atoms with Crippen LogP contribution in [0.2, 0.25) is 0 Å². The zero-order valence-corrected chi connectivity index (χ0v) is 5.48. The van der Waals surface area contributed by atoms with Gasteiger partial charge < -0.3 is 4.42 Å². The second-order valence-electron chi connectivity index (χ2n) is 1.90. The van der Waals surface area contributed by atoms with Gasteiger partial charge in [-0.25, -0.2) is 0 Å². The molecule has 1 heterocycles. The maximum atomic E-state index is 11.8. The third kappa shape index (κ3) is 1.63. The van der Waals surface area contributed by atoms with E-state index in [9.17, 15) is 13.2 Å². The molecule has 0 aliphatic heterocycles. The predicted molar refractivity (Wildman–Crippen MR) is 33.8 cm³/mol. The van der Waals surface area contributed by atoms with Crippen molar-refractivity contribution in [3.63, 3.8) is 0 Å². The van der Waals surface area contributed by atoms with Crippen molar-refractivity contribution in [2.75, 3.05) is 0 Å². The average molecular weight is 162 g/mol. The van der Waals surface area contributed by atoms with Crippen molar-refractivity contribution in [2.45, 2.75) is 6.18 Å². The summed E-state index contributed by atoms with van der Waals surface area (Å²) >= 11 is 0. The topological polar surface area (TPSA) is 13.1 Å². The first kappa shape index (κ1) is 7.91. The predicted octanol–water partition coefficient (Wildman–Crippen LogP) is 2.94. The smallest absolute Gasteiger partial charge is 0.449 e. The molecule has 0 fully saturated rings. The molecule has 0 N–H and O–H groups in total. The molecule has 0 aliphatic carbocycles. The first-order valence-electron chi connectivity index (χ1n) is 2.83. The zero-order valence-electron chi connectivity index (χ0n) is 5.48. The van der Waals surface area contributed by atoms with E-state index in [4.69, 9.17) is 0 Å². The molecule has 0 bridgehead atoms. The molecule has 0 saturated carbocycles. The molecule has 0 amide bonds. The largest absolute Gasteiger partial charge is 0.452 e. The van der Waals surface area contributed by atoms with E-state index in [1.807, 2.05) is 0 Å². The third-order valence-corrected chi connectivity index (χ3v) is 1.11. The van der Waals surface area contributed by atoms with E-state index in [-0.39, 0.29) is 5.76 Å². The van der Waals surface area contributed by atoms with Gasteiger partial charge >= 0.3 is 6.18 Å². The molecule has 0 atom stereocenters. The number of hydrogen-bond donors (Lipinski definition) is 0. The van der Waals surface area contributed by atoms with Crippen molar-refractivity contribution in [1.82, 2.24) is 0 Å². The summed E-state index contributed by atoms with van der Waals surface area (Å²) in [5.41, 5.74) is 0.